The number of hydroxylamine groups is 1. The van der Waals surface area contributed by atoms with Crippen LogP contribution < -0.4 is 10.3 Å². The topological polar surface area (TPSA) is 67.3 Å². The van der Waals surface area contributed by atoms with Gasteiger partial charge in [-0.25, -0.2) is 9.97 Å². The maximum Gasteiger partial charge on any atom is 0.256 e. The van der Waals surface area contributed by atoms with E-state index in [1.165, 1.54) is 6.20 Å². The van der Waals surface area contributed by atoms with Gasteiger partial charge in [0, 0.05) is 0 Å². The third-order valence-corrected chi connectivity index (χ3v) is 2.11. The quantitative estimate of drug-likeness (QED) is 0.598. The van der Waals surface area contributed by atoms with Crippen molar-refractivity contribution in [2.75, 3.05) is 0 Å². The van der Waals surface area contributed by atoms with Crippen LogP contribution in [0.2, 0.25) is 0 Å². The maximum atomic E-state index is 9.25. The van der Waals surface area contributed by atoms with Crippen LogP contribution >= 0.6 is 0 Å². The first kappa shape index (κ1) is 10.8. The summed E-state index contributed by atoms with van der Waals surface area (Å²) in [5, 5.41) is 9.25. The normalized spacial score (nSPS) is 12.6. The van der Waals surface area contributed by atoms with E-state index >= 15 is 0 Å². The van der Waals surface area contributed by atoms with Gasteiger partial charge in [0.2, 0.25) is 0 Å². The van der Waals surface area contributed by atoms with Crippen LogP contribution in [0.5, 0.6) is 5.88 Å². The van der Waals surface area contributed by atoms with Gasteiger partial charge in [-0.3, -0.25) is 0 Å². The number of rotatable bonds is 4. The molecule has 0 aliphatic heterocycles. The molecule has 0 saturated heterocycles. The second-order valence-electron chi connectivity index (χ2n) is 3.34. The molecule has 2 aromatic rings. The van der Waals surface area contributed by atoms with Crippen LogP contribution in [0.25, 0.3) is 11.0 Å². The molecule has 5 nitrogen and oxygen atoms in total. The average molecular weight is 219 g/mol. The molecule has 5 heteroatoms. The van der Waals surface area contributed by atoms with E-state index < -0.39 is 6.23 Å². The SMILES string of the molecule is CCC(O)NOc1cnc2ccccc2n1. The summed E-state index contributed by atoms with van der Waals surface area (Å²) in [6.07, 6.45) is 1.37. The Bertz CT molecular complexity index is 475. The third-order valence-electron chi connectivity index (χ3n) is 2.11. The van der Waals surface area contributed by atoms with Gasteiger partial charge in [0.1, 0.15) is 6.23 Å². The summed E-state index contributed by atoms with van der Waals surface area (Å²) in [7, 11) is 0. The predicted molar refractivity (Wildman–Crippen MR) is 59.6 cm³/mol. The standard InChI is InChI=1S/C11H13N3O2/c1-2-10(15)14-16-11-7-12-8-5-3-4-6-9(8)13-11/h3-7,10,14-15H,2H2,1H3. The Morgan fingerprint density at radius 3 is 2.88 bits per heavy atom. The Morgan fingerprint density at radius 2 is 2.12 bits per heavy atom. The largest absolute Gasteiger partial charge is 0.384 e. The Morgan fingerprint density at radius 1 is 1.38 bits per heavy atom. The van der Waals surface area contributed by atoms with E-state index in [1.54, 1.807) is 0 Å². The molecule has 0 amide bonds. The summed E-state index contributed by atoms with van der Waals surface area (Å²) in [6, 6.07) is 7.51. The van der Waals surface area contributed by atoms with Crippen LogP contribution in [0.1, 0.15) is 13.3 Å². The zero-order chi connectivity index (χ0) is 11.4. The van der Waals surface area contributed by atoms with Crippen LogP contribution in [-0.2, 0) is 0 Å². The summed E-state index contributed by atoms with van der Waals surface area (Å²) < 4.78 is 0. The second-order valence-corrected chi connectivity index (χ2v) is 3.34. The van der Waals surface area contributed by atoms with Crippen LogP contribution in [0.4, 0.5) is 0 Å². The van der Waals surface area contributed by atoms with Gasteiger partial charge >= 0.3 is 0 Å². The summed E-state index contributed by atoms with van der Waals surface area (Å²) in [6.45, 7) is 1.84. The average Bonchev–Trinajstić information content (AvgIpc) is 2.35. The number of nitrogens with one attached hydrogen (secondary N) is 1. The first-order valence-electron chi connectivity index (χ1n) is 5.12. The van der Waals surface area contributed by atoms with Crippen molar-refractivity contribution in [1.82, 2.24) is 15.4 Å². The number of nitrogens with zero attached hydrogens (tertiary/aromatic N) is 2. The molecule has 1 unspecified atom stereocenters. The van der Waals surface area contributed by atoms with Crippen molar-refractivity contribution in [3.05, 3.63) is 30.5 Å². The van der Waals surface area contributed by atoms with Crippen molar-refractivity contribution in [2.24, 2.45) is 0 Å². The number of hydrogen-bond donors (Lipinski definition) is 2. The maximum absolute atomic E-state index is 9.25. The summed E-state index contributed by atoms with van der Waals surface area (Å²) in [5.74, 6) is 0.339. The molecular weight excluding hydrogens is 206 g/mol. The molecule has 1 aromatic carbocycles. The van der Waals surface area contributed by atoms with Crippen LogP contribution in [0.3, 0.4) is 0 Å². The Hall–Kier alpha value is -1.72. The van der Waals surface area contributed by atoms with Crippen molar-refractivity contribution in [3.63, 3.8) is 0 Å². The van der Waals surface area contributed by atoms with Crippen LogP contribution in [-0.4, -0.2) is 21.3 Å². The number of para-hydroxylation sites is 2. The highest BCUT2D eigenvalue weighted by molar-refractivity contribution is 5.73. The van der Waals surface area contributed by atoms with Gasteiger partial charge < -0.3 is 9.94 Å². The lowest BCUT2D eigenvalue weighted by Crippen LogP contribution is -2.31. The molecule has 1 heterocycles. The van der Waals surface area contributed by atoms with Gasteiger partial charge in [0.05, 0.1) is 17.2 Å². The number of hydrogen-bond acceptors (Lipinski definition) is 5. The fourth-order valence-corrected chi connectivity index (χ4v) is 1.20. The number of aliphatic hydroxyl groups is 1. The molecule has 2 rings (SSSR count). The number of fused-ring (bicyclic) bond motifs is 1. The summed E-state index contributed by atoms with van der Waals surface area (Å²) in [4.78, 5) is 13.5. The number of aliphatic hydroxyl groups excluding tert-OH is 1. The van der Waals surface area contributed by atoms with Crippen LogP contribution in [0, 0.1) is 0 Å². The van der Waals surface area contributed by atoms with Gasteiger partial charge in [-0.2, -0.15) is 0 Å². The van der Waals surface area contributed by atoms with Gasteiger partial charge in [0.25, 0.3) is 5.88 Å². The monoisotopic (exact) mass is 219 g/mol. The first-order chi connectivity index (χ1) is 7.79. The highest BCUT2D eigenvalue weighted by Crippen LogP contribution is 2.12. The van der Waals surface area contributed by atoms with Crippen LogP contribution in [0.15, 0.2) is 30.5 Å². The van der Waals surface area contributed by atoms with Crippen molar-refractivity contribution in [3.8, 4) is 5.88 Å². The second kappa shape index (κ2) is 4.87. The third kappa shape index (κ3) is 2.44. The lowest BCUT2D eigenvalue weighted by molar-refractivity contribution is 0.0155. The molecule has 0 fully saturated rings. The fraction of sp³-hybridized carbons (Fsp3) is 0.273. The molecular formula is C11H13N3O2. The van der Waals surface area contributed by atoms with Crippen molar-refractivity contribution in [1.29, 1.82) is 0 Å². The molecule has 2 N–H and O–H groups in total. The lowest BCUT2D eigenvalue weighted by atomic mass is 10.3. The Labute approximate surface area is 93.1 Å². The molecule has 1 aromatic heterocycles. The smallest absolute Gasteiger partial charge is 0.256 e. The van der Waals surface area contributed by atoms with E-state index in [4.69, 9.17) is 4.84 Å². The molecule has 16 heavy (non-hydrogen) atoms. The number of aromatic nitrogens is 2. The van der Waals surface area contributed by atoms with Crippen molar-refractivity contribution in [2.45, 2.75) is 19.6 Å². The molecule has 0 bridgehead atoms. The zero-order valence-corrected chi connectivity index (χ0v) is 8.92. The summed E-state index contributed by atoms with van der Waals surface area (Å²) >= 11 is 0. The van der Waals surface area contributed by atoms with E-state index in [9.17, 15) is 5.11 Å². The van der Waals surface area contributed by atoms with Crippen molar-refractivity contribution >= 4 is 11.0 Å². The van der Waals surface area contributed by atoms with Gasteiger partial charge in [-0.05, 0) is 18.6 Å². The van der Waals surface area contributed by atoms with Gasteiger partial charge in [-0.1, -0.05) is 19.1 Å². The van der Waals surface area contributed by atoms with Gasteiger partial charge in [-0.15, -0.1) is 5.48 Å². The zero-order valence-electron chi connectivity index (χ0n) is 8.92. The fourth-order valence-electron chi connectivity index (χ4n) is 1.20. The highest BCUT2D eigenvalue weighted by atomic mass is 16.7. The minimum absolute atomic E-state index is 0.339. The highest BCUT2D eigenvalue weighted by Gasteiger charge is 2.03. The molecule has 0 radical (unpaired) electrons. The van der Waals surface area contributed by atoms with Gasteiger partial charge in [0.15, 0.2) is 0 Å². The molecule has 0 saturated carbocycles. The van der Waals surface area contributed by atoms with E-state index in [2.05, 4.69) is 15.4 Å². The molecule has 0 spiro atoms. The van der Waals surface area contributed by atoms with E-state index in [1.807, 2.05) is 31.2 Å². The predicted octanol–water partition coefficient (Wildman–Crippen LogP) is 1.24. The Kier molecular flexibility index (Phi) is 3.28. The van der Waals surface area contributed by atoms with E-state index in [-0.39, 0.29) is 0 Å². The Balaban J connectivity index is 2.13. The molecule has 84 valence electrons. The minimum atomic E-state index is -0.701. The summed E-state index contributed by atoms with van der Waals surface area (Å²) in [5.41, 5.74) is 4.03. The number of benzene rings is 1. The lowest BCUT2D eigenvalue weighted by Gasteiger charge is -2.10. The van der Waals surface area contributed by atoms with E-state index in [0.717, 1.165) is 11.0 Å². The molecule has 0 aliphatic rings. The first-order valence-corrected chi connectivity index (χ1v) is 5.12. The minimum Gasteiger partial charge on any atom is -0.384 e. The van der Waals surface area contributed by atoms with E-state index in [0.29, 0.717) is 12.3 Å². The molecule has 1 atom stereocenters. The molecule has 0 aliphatic carbocycles. The van der Waals surface area contributed by atoms with Crippen molar-refractivity contribution < 1.29 is 9.94 Å².